The number of amides is 1. The second-order valence-corrected chi connectivity index (χ2v) is 5.94. The van der Waals surface area contributed by atoms with E-state index < -0.39 is 0 Å². The SMILES string of the molecule is CCNC(=NCc1ccccc1F)NCC(=O)NC(C)(C)C. The van der Waals surface area contributed by atoms with Gasteiger partial charge in [0, 0.05) is 17.6 Å². The van der Waals surface area contributed by atoms with Gasteiger partial charge in [0.1, 0.15) is 5.82 Å². The highest BCUT2D eigenvalue weighted by molar-refractivity contribution is 5.86. The Bertz CT molecular complexity index is 523. The van der Waals surface area contributed by atoms with Crippen molar-refractivity contribution >= 4 is 11.9 Å². The van der Waals surface area contributed by atoms with E-state index >= 15 is 0 Å². The number of aliphatic imine (C=N–C) groups is 1. The molecule has 3 N–H and O–H groups in total. The number of guanidine groups is 1. The van der Waals surface area contributed by atoms with Gasteiger partial charge in [0.15, 0.2) is 5.96 Å². The number of carbonyl (C=O) groups is 1. The van der Waals surface area contributed by atoms with E-state index in [1.54, 1.807) is 18.2 Å². The molecule has 5 nitrogen and oxygen atoms in total. The lowest BCUT2D eigenvalue weighted by Crippen LogP contribution is -2.48. The van der Waals surface area contributed by atoms with Gasteiger partial charge in [-0.15, -0.1) is 0 Å². The zero-order chi connectivity index (χ0) is 16.6. The van der Waals surface area contributed by atoms with Crippen molar-refractivity contribution in [2.24, 2.45) is 4.99 Å². The largest absolute Gasteiger partial charge is 0.357 e. The molecule has 0 unspecified atom stereocenters. The van der Waals surface area contributed by atoms with Crippen LogP contribution < -0.4 is 16.0 Å². The monoisotopic (exact) mass is 308 g/mol. The van der Waals surface area contributed by atoms with Crippen molar-refractivity contribution in [1.82, 2.24) is 16.0 Å². The smallest absolute Gasteiger partial charge is 0.239 e. The van der Waals surface area contributed by atoms with Gasteiger partial charge in [-0.25, -0.2) is 9.38 Å². The molecule has 1 amide bonds. The van der Waals surface area contributed by atoms with Gasteiger partial charge in [-0.2, -0.15) is 0 Å². The summed E-state index contributed by atoms with van der Waals surface area (Å²) in [4.78, 5) is 16.1. The molecule has 0 saturated heterocycles. The summed E-state index contributed by atoms with van der Waals surface area (Å²) in [7, 11) is 0. The molecule has 22 heavy (non-hydrogen) atoms. The van der Waals surface area contributed by atoms with E-state index in [0.717, 1.165) is 0 Å². The van der Waals surface area contributed by atoms with Gasteiger partial charge in [0.2, 0.25) is 5.91 Å². The maximum Gasteiger partial charge on any atom is 0.239 e. The molecule has 0 bridgehead atoms. The molecule has 0 aliphatic carbocycles. The van der Waals surface area contributed by atoms with Crippen molar-refractivity contribution in [3.63, 3.8) is 0 Å². The molecule has 1 rings (SSSR count). The first kappa shape index (κ1) is 17.9. The van der Waals surface area contributed by atoms with E-state index in [9.17, 15) is 9.18 Å². The van der Waals surface area contributed by atoms with Crippen LogP contribution >= 0.6 is 0 Å². The lowest BCUT2D eigenvalue weighted by Gasteiger charge is -2.21. The predicted octanol–water partition coefficient (Wildman–Crippen LogP) is 1.80. The van der Waals surface area contributed by atoms with E-state index in [-0.39, 0.29) is 30.4 Å². The lowest BCUT2D eigenvalue weighted by atomic mass is 10.1. The Morgan fingerprint density at radius 2 is 1.91 bits per heavy atom. The van der Waals surface area contributed by atoms with Crippen LogP contribution in [0.1, 0.15) is 33.3 Å². The number of carbonyl (C=O) groups excluding carboxylic acids is 1. The Kier molecular flexibility index (Phi) is 6.82. The van der Waals surface area contributed by atoms with E-state index in [1.165, 1.54) is 6.07 Å². The first-order valence-corrected chi connectivity index (χ1v) is 7.38. The molecule has 0 spiro atoms. The van der Waals surface area contributed by atoms with Crippen LogP contribution in [0.15, 0.2) is 29.3 Å². The summed E-state index contributed by atoms with van der Waals surface area (Å²) in [6.45, 7) is 8.66. The molecule has 0 aliphatic rings. The molecule has 0 aromatic heterocycles. The van der Waals surface area contributed by atoms with Crippen molar-refractivity contribution in [1.29, 1.82) is 0 Å². The Labute approximate surface area is 131 Å². The van der Waals surface area contributed by atoms with Crippen molar-refractivity contribution < 1.29 is 9.18 Å². The lowest BCUT2D eigenvalue weighted by molar-refractivity contribution is -0.121. The normalized spacial score (nSPS) is 12.0. The van der Waals surface area contributed by atoms with Gasteiger partial charge < -0.3 is 16.0 Å². The second-order valence-electron chi connectivity index (χ2n) is 5.94. The summed E-state index contributed by atoms with van der Waals surface area (Å²) in [5.74, 6) is 0.0754. The van der Waals surface area contributed by atoms with Crippen molar-refractivity contribution in [3.05, 3.63) is 35.6 Å². The van der Waals surface area contributed by atoms with Crippen molar-refractivity contribution in [2.75, 3.05) is 13.1 Å². The minimum absolute atomic E-state index is 0.111. The van der Waals surface area contributed by atoms with Gasteiger partial charge in [-0.05, 0) is 33.8 Å². The van der Waals surface area contributed by atoms with E-state index in [4.69, 9.17) is 0 Å². The average molecular weight is 308 g/mol. The van der Waals surface area contributed by atoms with Crippen molar-refractivity contribution in [3.8, 4) is 0 Å². The van der Waals surface area contributed by atoms with Crippen LogP contribution in [0, 0.1) is 5.82 Å². The number of benzene rings is 1. The highest BCUT2D eigenvalue weighted by Crippen LogP contribution is 2.07. The average Bonchev–Trinajstić information content (AvgIpc) is 2.41. The summed E-state index contributed by atoms with van der Waals surface area (Å²) >= 11 is 0. The fourth-order valence-corrected chi connectivity index (χ4v) is 1.76. The van der Waals surface area contributed by atoms with Crippen LogP contribution in [0.5, 0.6) is 0 Å². The van der Waals surface area contributed by atoms with Gasteiger partial charge in [-0.3, -0.25) is 4.79 Å². The number of nitrogens with zero attached hydrogens (tertiary/aromatic N) is 1. The molecule has 6 heteroatoms. The molecule has 1 aromatic carbocycles. The van der Waals surface area contributed by atoms with Gasteiger partial charge in [0.25, 0.3) is 0 Å². The number of nitrogens with one attached hydrogen (secondary N) is 3. The number of hydrogen-bond acceptors (Lipinski definition) is 2. The maximum atomic E-state index is 13.6. The molecule has 0 atom stereocenters. The Balaban J connectivity index is 2.59. The topological polar surface area (TPSA) is 65.5 Å². The molecule has 122 valence electrons. The van der Waals surface area contributed by atoms with Crippen molar-refractivity contribution in [2.45, 2.75) is 39.8 Å². The fourth-order valence-electron chi connectivity index (χ4n) is 1.76. The molecule has 0 aliphatic heterocycles. The van der Waals surface area contributed by atoms with Crippen LogP contribution in [0.25, 0.3) is 0 Å². The zero-order valence-electron chi connectivity index (χ0n) is 13.7. The Morgan fingerprint density at radius 1 is 1.23 bits per heavy atom. The van der Waals surface area contributed by atoms with E-state index in [2.05, 4.69) is 20.9 Å². The third-order valence-electron chi connectivity index (χ3n) is 2.64. The van der Waals surface area contributed by atoms with Gasteiger partial charge in [-0.1, -0.05) is 18.2 Å². The first-order chi connectivity index (χ1) is 10.3. The third-order valence-corrected chi connectivity index (χ3v) is 2.64. The van der Waals surface area contributed by atoms with E-state index in [1.807, 2.05) is 27.7 Å². The molecular weight excluding hydrogens is 283 g/mol. The molecule has 1 aromatic rings. The van der Waals surface area contributed by atoms with Crippen LogP contribution in [-0.2, 0) is 11.3 Å². The summed E-state index contributed by atoms with van der Waals surface area (Å²) in [5.41, 5.74) is 0.236. The Morgan fingerprint density at radius 3 is 2.50 bits per heavy atom. The van der Waals surface area contributed by atoms with Crippen LogP contribution in [0.2, 0.25) is 0 Å². The standard InChI is InChI=1S/C16H25FN4O/c1-5-18-15(20-11-14(22)21-16(2,3)4)19-10-12-8-6-7-9-13(12)17/h6-9H,5,10-11H2,1-4H3,(H,21,22)(H2,18,19,20). The molecule has 0 fully saturated rings. The summed E-state index contributed by atoms with van der Waals surface area (Å²) < 4.78 is 13.6. The van der Waals surface area contributed by atoms with Gasteiger partial charge in [0.05, 0.1) is 13.1 Å². The highest BCUT2D eigenvalue weighted by atomic mass is 19.1. The summed E-state index contributed by atoms with van der Waals surface area (Å²) in [6, 6.07) is 6.50. The summed E-state index contributed by atoms with van der Waals surface area (Å²) in [6.07, 6.45) is 0. The molecule has 0 radical (unpaired) electrons. The Hall–Kier alpha value is -2.11. The molecule has 0 saturated carbocycles. The minimum Gasteiger partial charge on any atom is -0.357 e. The first-order valence-electron chi connectivity index (χ1n) is 7.38. The van der Waals surface area contributed by atoms with E-state index in [0.29, 0.717) is 18.1 Å². The zero-order valence-corrected chi connectivity index (χ0v) is 13.7. The second kappa shape index (κ2) is 8.36. The predicted molar refractivity (Wildman–Crippen MR) is 87.1 cm³/mol. The number of hydrogen-bond donors (Lipinski definition) is 3. The van der Waals surface area contributed by atoms with Crippen LogP contribution in [-0.4, -0.2) is 30.5 Å². The molecule has 0 heterocycles. The number of halogens is 1. The number of rotatable bonds is 5. The maximum absolute atomic E-state index is 13.6. The highest BCUT2D eigenvalue weighted by Gasteiger charge is 2.13. The summed E-state index contributed by atoms with van der Waals surface area (Å²) in [5, 5.41) is 8.82. The third kappa shape index (κ3) is 7.06. The molecular formula is C16H25FN4O. The fraction of sp³-hybridized carbons (Fsp3) is 0.500. The quantitative estimate of drug-likeness (QED) is 0.574. The van der Waals surface area contributed by atoms with Gasteiger partial charge >= 0.3 is 0 Å². The van der Waals surface area contributed by atoms with Crippen LogP contribution in [0.3, 0.4) is 0 Å². The van der Waals surface area contributed by atoms with Crippen LogP contribution in [0.4, 0.5) is 4.39 Å². The minimum atomic E-state index is -0.285.